The lowest BCUT2D eigenvalue weighted by molar-refractivity contribution is -0.170. The Morgan fingerprint density at radius 3 is 2.35 bits per heavy atom. The van der Waals surface area contributed by atoms with Crippen LogP contribution in [0, 0.1) is 17.8 Å². The van der Waals surface area contributed by atoms with Crippen LogP contribution in [0.25, 0.3) is 0 Å². The van der Waals surface area contributed by atoms with Crippen LogP contribution in [0.4, 0.5) is 0 Å². The van der Waals surface area contributed by atoms with Crippen molar-refractivity contribution in [2.45, 2.75) is 128 Å². The summed E-state index contributed by atoms with van der Waals surface area (Å²) in [5.74, 6) is 0.866. The van der Waals surface area contributed by atoms with Crippen LogP contribution in [0.15, 0.2) is 23.7 Å². The molecule has 4 rings (SSSR count). The zero-order valence-corrected chi connectivity index (χ0v) is 24.8. The minimum Gasteiger partial charge on any atom is -0.475 e. The lowest BCUT2D eigenvalue weighted by Gasteiger charge is -2.27. The standard InChI is InChI=1S/C32H52O8/c1-22(11-9-17-35-3)10-8-12-24-16-15-23(2)25(24)20-26-27(38-26)21-28(39-29-13-4-6-18-36-29)31(32(33)34)40-30-14-5-7-19-37-30/h22,24-27,29-30H,2,4-21H2,1,3H3,(H,33,34)/t22?,24-,25-,26+,27?,29?,30?/m0/s1. The van der Waals surface area contributed by atoms with Gasteiger partial charge in [-0.2, -0.15) is 0 Å². The molecule has 4 aliphatic rings. The Balaban J connectivity index is 1.32. The van der Waals surface area contributed by atoms with E-state index in [1.165, 1.54) is 37.7 Å². The van der Waals surface area contributed by atoms with Crippen LogP contribution in [-0.4, -0.2) is 62.8 Å². The molecular formula is C32H52O8. The van der Waals surface area contributed by atoms with Crippen LogP contribution < -0.4 is 0 Å². The second kappa shape index (κ2) is 16.1. The number of carboxylic acid groups (broad SMARTS) is 1. The van der Waals surface area contributed by atoms with E-state index in [9.17, 15) is 9.90 Å². The fraction of sp³-hybridized carbons (Fsp3) is 0.844. The second-order valence-corrected chi connectivity index (χ2v) is 12.3. The van der Waals surface area contributed by atoms with Crippen LogP contribution in [-0.2, 0) is 33.2 Å². The van der Waals surface area contributed by atoms with Gasteiger partial charge in [-0.3, -0.25) is 0 Å². The molecule has 0 aromatic rings. The van der Waals surface area contributed by atoms with E-state index in [-0.39, 0.29) is 18.0 Å². The largest absolute Gasteiger partial charge is 0.475 e. The fourth-order valence-corrected chi connectivity index (χ4v) is 6.57. The first-order valence-corrected chi connectivity index (χ1v) is 15.8. The van der Waals surface area contributed by atoms with Crippen LogP contribution in [0.5, 0.6) is 0 Å². The lowest BCUT2D eigenvalue weighted by atomic mass is 9.84. The Kier molecular flexibility index (Phi) is 12.6. The van der Waals surface area contributed by atoms with Gasteiger partial charge in [0.15, 0.2) is 18.3 Å². The van der Waals surface area contributed by atoms with Gasteiger partial charge in [-0.1, -0.05) is 31.9 Å². The molecule has 0 bridgehead atoms. The number of hydrogen-bond donors (Lipinski definition) is 1. The summed E-state index contributed by atoms with van der Waals surface area (Å²) in [5, 5.41) is 10.1. The molecule has 3 aliphatic heterocycles. The molecule has 0 spiro atoms. The maximum atomic E-state index is 12.3. The predicted molar refractivity (Wildman–Crippen MR) is 151 cm³/mol. The molecule has 1 saturated carbocycles. The first kappa shape index (κ1) is 31.3. The van der Waals surface area contributed by atoms with Gasteiger partial charge in [-0.15, -0.1) is 0 Å². The summed E-state index contributed by atoms with van der Waals surface area (Å²) >= 11 is 0. The average Bonchev–Trinajstić information content (AvgIpc) is 3.60. The molecule has 228 valence electrons. The Morgan fingerprint density at radius 2 is 1.70 bits per heavy atom. The third-order valence-corrected chi connectivity index (χ3v) is 9.05. The van der Waals surface area contributed by atoms with Crippen LogP contribution >= 0.6 is 0 Å². The van der Waals surface area contributed by atoms with Gasteiger partial charge >= 0.3 is 5.97 Å². The van der Waals surface area contributed by atoms with Gasteiger partial charge in [-0.05, 0) is 82.0 Å². The molecule has 0 aromatic heterocycles. The number of methoxy groups -OCH3 is 1. The number of ether oxygens (including phenoxy) is 6. The monoisotopic (exact) mass is 564 g/mol. The smallest absolute Gasteiger partial charge is 0.374 e. The van der Waals surface area contributed by atoms with E-state index < -0.39 is 18.5 Å². The Labute approximate surface area is 240 Å². The zero-order valence-electron chi connectivity index (χ0n) is 24.8. The van der Waals surface area contributed by atoms with Gasteiger partial charge in [0.05, 0.1) is 25.4 Å². The molecular weight excluding hydrogens is 512 g/mol. The topological polar surface area (TPSA) is 96.0 Å². The highest BCUT2D eigenvalue weighted by Crippen LogP contribution is 2.46. The number of carbonyl (C=O) groups is 1. The molecule has 1 aliphatic carbocycles. The molecule has 0 amide bonds. The quantitative estimate of drug-likeness (QED) is 0.0683. The van der Waals surface area contributed by atoms with Crippen molar-refractivity contribution in [1.29, 1.82) is 0 Å². The molecule has 40 heavy (non-hydrogen) atoms. The van der Waals surface area contributed by atoms with Gasteiger partial charge in [0.2, 0.25) is 5.76 Å². The fourth-order valence-electron chi connectivity index (χ4n) is 6.57. The maximum Gasteiger partial charge on any atom is 0.374 e. The normalized spacial score (nSPS) is 31.9. The highest BCUT2D eigenvalue weighted by atomic mass is 16.7. The third-order valence-electron chi connectivity index (χ3n) is 9.05. The van der Waals surface area contributed by atoms with Crippen LogP contribution in [0.3, 0.4) is 0 Å². The van der Waals surface area contributed by atoms with E-state index in [1.54, 1.807) is 7.11 Å². The van der Waals surface area contributed by atoms with E-state index >= 15 is 0 Å². The summed E-state index contributed by atoms with van der Waals surface area (Å²) in [4.78, 5) is 12.3. The summed E-state index contributed by atoms with van der Waals surface area (Å²) in [6.45, 7) is 8.80. The molecule has 7 atom stereocenters. The summed E-state index contributed by atoms with van der Waals surface area (Å²) < 4.78 is 34.8. The van der Waals surface area contributed by atoms with Crippen LogP contribution in [0.2, 0.25) is 0 Å². The van der Waals surface area contributed by atoms with E-state index in [4.69, 9.17) is 28.4 Å². The molecule has 8 nitrogen and oxygen atoms in total. The third kappa shape index (κ3) is 9.74. The van der Waals surface area contributed by atoms with Crippen molar-refractivity contribution < 1.29 is 38.3 Å². The summed E-state index contributed by atoms with van der Waals surface area (Å²) in [6.07, 6.45) is 14.0. The number of hydrogen-bond acceptors (Lipinski definition) is 7. The summed E-state index contributed by atoms with van der Waals surface area (Å²) in [6, 6.07) is 0. The average molecular weight is 565 g/mol. The molecule has 1 N–H and O–H groups in total. The summed E-state index contributed by atoms with van der Waals surface area (Å²) in [7, 11) is 1.77. The lowest BCUT2D eigenvalue weighted by Crippen LogP contribution is -2.28. The van der Waals surface area contributed by atoms with E-state index in [2.05, 4.69) is 13.5 Å². The number of aliphatic carboxylic acids is 1. The SMILES string of the molecule is C=C1CC[C@H](CCCC(C)CCCOC)[C@H]1C[C@H]1OC1CC(OC1CCCCO1)=C(OC1CCCCO1)C(=O)O. The Hall–Kier alpha value is -1.61. The predicted octanol–water partition coefficient (Wildman–Crippen LogP) is 6.73. The van der Waals surface area contributed by atoms with Crippen molar-refractivity contribution in [3.05, 3.63) is 23.7 Å². The molecule has 8 heteroatoms. The molecule has 0 aromatic carbocycles. The first-order valence-electron chi connectivity index (χ1n) is 15.8. The molecule has 3 heterocycles. The zero-order chi connectivity index (χ0) is 28.3. The highest BCUT2D eigenvalue weighted by molar-refractivity contribution is 5.84. The van der Waals surface area contributed by atoms with Gasteiger partial charge in [-0.25, -0.2) is 4.79 Å². The first-order chi connectivity index (χ1) is 19.4. The summed E-state index contributed by atoms with van der Waals surface area (Å²) in [5.41, 5.74) is 1.35. The molecule has 0 radical (unpaired) electrons. The van der Waals surface area contributed by atoms with Crippen molar-refractivity contribution in [2.75, 3.05) is 26.9 Å². The molecule has 4 unspecified atom stereocenters. The highest BCUT2D eigenvalue weighted by Gasteiger charge is 2.45. The van der Waals surface area contributed by atoms with Gasteiger partial charge in [0, 0.05) is 33.0 Å². The Morgan fingerprint density at radius 1 is 1.00 bits per heavy atom. The number of allylic oxidation sites excluding steroid dienone is 1. The minimum atomic E-state index is -1.14. The van der Waals surface area contributed by atoms with E-state index in [1.807, 2.05) is 0 Å². The Bertz CT molecular complexity index is 829. The van der Waals surface area contributed by atoms with Crippen molar-refractivity contribution in [3.8, 4) is 0 Å². The molecule has 4 fully saturated rings. The number of rotatable bonds is 17. The van der Waals surface area contributed by atoms with Crippen LogP contribution in [0.1, 0.15) is 103 Å². The maximum absolute atomic E-state index is 12.3. The number of epoxide rings is 1. The van der Waals surface area contributed by atoms with Gasteiger partial charge in [0.1, 0.15) is 0 Å². The van der Waals surface area contributed by atoms with E-state index in [0.29, 0.717) is 43.7 Å². The molecule has 3 saturated heterocycles. The van der Waals surface area contributed by atoms with Crippen molar-refractivity contribution >= 4 is 5.97 Å². The number of carboxylic acids is 1. The minimum absolute atomic E-state index is 0.0846. The van der Waals surface area contributed by atoms with Gasteiger partial charge < -0.3 is 33.5 Å². The van der Waals surface area contributed by atoms with Crippen molar-refractivity contribution in [2.24, 2.45) is 17.8 Å². The van der Waals surface area contributed by atoms with Crippen molar-refractivity contribution in [1.82, 2.24) is 0 Å². The second-order valence-electron chi connectivity index (χ2n) is 12.3. The van der Waals surface area contributed by atoms with Gasteiger partial charge in [0.25, 0.3) is 0 Å². The van der Waals surface area contributed by atoms with E-state index in [0.717, 1.165) is 63.9 Å². The van der Waals surface area contributed by atoms with Crippen molar-refractivity contribution in [3.63, 3.8) is 0 Å².